The molecule has 2 saturated heterocycles. The molecule has 128 valence electrons. The largest absolute Gasteiger partial charge is 0.461 e. The summed E-state index contributed by atoms with van der Waals surface area (Å²) in [7, 11) is 0. The van der Waals surface area contributed by atoms with Crippen molar-refractivity contribution >= 4 is 16.9 Å². The van der Waals surface area contributed by atoms with Crippen LogP contribution in [0.3, 0.4) is 0 Å². The normalized spacial score (nSPS) is 25.5. The summed E-state index contributed by atoms with van der Waals surface area (Å²) in [4.78, 5) is 16.8. The molecule has 1 amide bonds. The highest BCUT2D eigenvalue weighted by molar-refractivity contribution is 5.98. The predicted octanol–water partition coefficient (Wildman–Crippen LogP) is 1.26. The van der Waals surface area contributed by atoms with Gasteiger partial charge in [-0.3, -0.25) is 9.69 Å². The number of nitrogens with zero attached hydrogens (tertiary/aromatic N) is 2. The fourth-order valence-electron chi connectivity index (χ4n) is 3.69. The number of hydrogen-bond acceptors (Lipinski definition) is 5. The van der Waals surface area contributed by atoms with Gasteiger partial charge in [0.15, 0.2) is 0 Å². The van der Waals surface area contributed by atoms with Gasteiger partial charge in [0.25, 0.3) is 5.91 Å². The Morgan fingerprint density at radius 2 is 2.00 bits per heavy atom. The third-order valence-corrected chi connectivity index (χ3v) is 4.95. The quantitative estimate of drug-likeness (QED) is 0.898. The summed E-state index contributed by atoms with van der Waals surface area (Å²) in [6.45, 7) is 5.83. The predicted molar refractivity (Wildman–Crippen MR) is 89.0 cm³/mol. The summed E-state index contributed by atoms with van der Waals surface area (Å²) in [5.74, 6) is 0.795. The summed E-state index contributed by atoms with van der Waals surface area (Å²) in [6.07, 6.45) is -0.507. The van der Waals surface area contributed by atoms with Crippen molar-refractivity contribution in [2.24, 2.45) is 0 Å². The first-order valence-corrected chi connectivity index (χ1v) is 8.41. The highest BCUT2D eigenvalue weighted by atomic mass is 16.5. The smallest absolute Gasteiger partial charge is 0.254 e. The number of hydrogen-bond donors (Lipinski definition) is 1. The maximum atomic E-state index is 12.8. The van der Waals surface area contributed by atoms with Gasteiger partial charge in [-0.05, 0) is 31.2 Å². The van der Waals surface area contributed by atoms with Crippen molar-refractivity contribution in [1.29, 1.82) is 0 Å². The highest BCUT2D eigenvalue weighted by Gasteiger charge is 2.38. The van der Waals surface area contributed by atoms with Gasteiger partial charge in [-0.25, -0.2) is 0 Å². The van der Waals surface area contributed by atoms with Crippen molar-refractivity contribution in [3.05, 3.63) is 35.6 Å². The highest BCUT2D eigenvalue weighted by Crippen LogP contribution is 2.23. The molecule has 2 atom stereocenters. The van der Waals surface area contributed by atoms with E-state index in [1.54, 1.807) is 11.0 Å². The third-order valence-electron chi connectivity index (χ3n) is 4.95. The van der Waals surface area contributed by atoms with E-state index in [1.165, 1.54) is 0 Å². The number of carbonyl (C=O) groups excluding carboxylic acids is 1. The van der Waals surface area contributed by atoms with Crippen LogP contribution in [0.25, 0.3) is 11.0 Å². The van der Waals surface area contributed by atoms with Crippen LogP contribution in [0, 0.1) is 6.92 Å². The molecule has 0 aliphatic carbocycles. The lowest BCUT2D eigenvalue weighted by molar-refractivity contribution is -0.00611. The van der Waals surface area contributed by atoms with Crippen LogP contribution >= 0.6 is 0 Å². The van der Waals surface area contributed by atoms with E-state index in [2.05, 4.69) is 4.90 Å². The Morgan fingerprint density at radius 1 is 1.21 bits per heavy atom. The van der Waals surface area contributed by atoms with Crippen LogP contribution in [0.2, 0.25) is 0 Å². The molecular formula is C18H22N2O4. The summed E-state index contributed by atoms with van der Waals surface area (Å²) in [6, 6.07) is 7.42. The zero-order valence-electron chi connectivity index (χ0n) is 13.8. The molecule has 3 heterocycles. The molecule has 24 heavy (non-hydrogen) atoms. The first kappa shape index (κ1) is 15.6. The number of amides is 1. The Morgan fingerprint density at radius 3 is 2.79 bits per heavy atom. The maximum Gasteiger partial charge on any atom is 0.254 e. The SMILES string of the molecule is Cc1cc2cc(C(=O)N3C[C@@H](O)[C@H](N4CCOCC4)C3)ccc2o1. The van der Waals surface area contributed by atoms with E-state index in [0.29, 0.717) is 31.9 Å². The average molecular weight is 330 g/mol. The van der Waals surface area contributed by atoms with Gasteiger partial charge in [0.1, 0.15) is 11.3 Å². The monoisotopic (exact) mass is 330 g/mol. The zero-order chi connectivity index (χ0) is 16.7. The van der Waals surface area contributed by atoms with Crippen LogP contribution in [0.5, 0.6) is 0 Å². The van der Waals surface area contributed by atoms with Crippen molar-refractivity contribution in [3.63, 3.8) is 0 Å². The summed E-state index contributed by atoms with van der Waals surface area (Å²) in [5, 5.41) is 11.3. The van der Waals surface area contributed by atoms with E-state index in [1.807, 2.05) is 25.1 Å². The van der Waals surface area contributed by atoms with Crippen LogP contribution in [0.1, 0.15) is 16.1 Å². The van der Waals surface area contributed by atoms with Crippen molar-refractivity contribution in [2.45, 2.75) is 19.1 Å². The number of β-amino-alcohol motifs (C(OH)–C–C–N with tert-alkyl or cyclic N) is 1. The second kappa shape index (κ2) is 6.20. The van der Waals surface area contributed by atoms with E-state index in [-0.39, 0.29) is 11.9 Å². The lowest BCUT2D eigenvalue weighted by Crippen LogP contribution is -2.49. The van der Waals surface area contributed by atoms with Gasteiger partial charge in [0.2, 0.25) is 0 Å². The second-order valence-electron chi connectivity index (χ2n) is 6.60. The Kier molecular flexibility index (Phi) is 4.04. The van der Waals surface area contributed by atoms with E-state index >= 15 is 0 Å². The van der Waals surface area contributed by atoms with Gasteiger partial charge in [0, 0.05) is 37.1 Å². The molecule has 2 aliphatic rings. The molecule has 1 aromatic carbocycles. The minimum Gasteiger partial charge on any atom is -0.461 e. The number of rotatable bonds is 2. The fraction of sp³-hybridized carbons (Fsp3) is 0.500. The van der Waals surface area contributed by atoms with Crippen molar-refractivity contribution in [3.8, 4) is 0 Å². The lowest BCUT2D eigenvalue weighted by atomic mass is 10.1. The second-order valence-corrected chi connectivity index (χ2v) is 6.60. The number of morpholine rings is 1. The molecule has 2 aliphatic heterocycles. The van der Waals surface area contributed by atoms with E-state index in [9.17, 15) is 9.90 Å². The molecule has 1 aromatic heterocycles. The van der Waals surface area contributed by atoms with Crippen LogP contribution in [-0.2, 0) is 4.74 Å². The van der Waals surface area contributed by atoms with E-state index in [4.69, 9.17) is 9.15 Å². The zero-order valence-corrected chi connectivity index (χ0v) is 13.8. The summed E-state index contributed by atoms with van der Waals surface area (Å²) >= 11 is 0. The first-order valence-electron chi connectivity index (χ1n) is 8.41. The van der Waals surface area contributed by atoms with Gasteiger partial charge in [-0.2, -0.15) is 0 Å². The molecule has 0 spiro atoms. The van der Waals surface area contributed by atoms with E-state index in [0.717, 1.165) is 29.8 Å². The number of likely N-dealkylation sites (tertiary alicyclic amines) is 1. The molecule has 2 fully saturated rings. The Hall–Kier alpha value is -1.89. The number of furan rings is 1. The number of carbonyl (C=O) groups is 1. The number of aryl methyl sites for hydroxylation is 1. The lowest BCUT2D eigenvalue weighted by Gasteiger charge is -2.33. The van der Waals surface area contributed by atoms with Gasteiger partial charge in [0.05, 0.1) is 25.4 Å². The van der Waals surface area contributed by atoms with Gasteiger partial charge >= 0.3 is 0 Å². The molecular weight excluding hydrogens is 308 g/mol. The van der Waals surface area contributed by atoms with Crippen LogP contribution in [0.15, 0.2) is 28.7 Å². The fourth-order valence-corrected chi connectivity index (χ4v) is 3.69. The van der Waals surface area contributed by atoms with Crippen molar-refractivity contribution in [2.75, 3.05) is 39.4 Å². The molecule has 0 saturated carbocycles. The number of aliphatic hydroxyl groups excluding tert-OH is 1. The molecule has 1 N–H and O–H groups in total. The van der Waals surface area contributed by atoms with Crippen LogP contribution < -0.4 is 0 Å². The third kappa shape index (κ3) is 2.81. The van der Waals surface area contributed by atoms with Crippen LogP contribution in [0.4, 0.5) is 0 Å². The first-order chi connectivity index (χ1) is 11.6. The van der Waals surface area contributed by atoms with Gasteiger partial charge in [-0.15, -0.1) is 0 Å². The molecule has 2 aromatic rings. The van der Waals surface area contributed by atoms with E-state index < -0.39 is 6.10 Å². The summed E-state index contributed by atoms with van der Waals surface area (Å²) in [5.41, 5.74) is 1.43. The molecule has 0 radical (unpaired) electrons. The Labute approximate surface area is 140 Å². The Balaban J connectivity index is 1.51. The standard InChI is InChI=1S/C18H22N2O4/c1-12-8-14-9-13(2-3-17(14)24-12)18(22)20-10-15(16(21)11-20)19-4-6-23-7-5-19/h2-3,8-9,15-16,21H,4-7,10-11H2,1H3/t15-,16-/m1/s1. The number of ether oxygens (including phenoxy) is 1. The number of benzene rings is 1. The van der Waals surface area contributed by atoms with Crippen molar-refractivity contribution < 1.29 is 19.1 Å². The Bertz CT molecular complexity index is 751. The van der Waals surface area contributed by atoms with Crippen LogP contribution in [-0.4, -0.2) is 72.4 Å². The van der Waals surface area contributed by atoms with Gasteiger partial charge < -0.3 is 19.2 Å². The molecule has 0 bridgehead atoms. The number of aliphatic hydroxyl groups is 1. The minimum atomic E-state index is -0.507. The molecule has 6 heteroatoms. The number of fused-ring (bicyclic) bond motifs is 1. The van der Waals surface area contributed by atoms with Crippen molar-refractivity contribution in [1.82, 2.24) is 9.80 Å². The molecule has 0 unspecified atom stereocenters. The summed E-state index contributed by atoms with van der Waals surface area (Å²) < 4.78 is 10.9. The van der Waals surface area contributed by atoms with Gasteiger partial charge in [-0.1, -0.05) is 0 Å². The average Bonchev–Trinajstić information content (AvgIpc) is 3.16. The topological polar surface area (TPSA) is 66.2 Å². The molecule has 6 nitrogen and oxygen atoms in total. The minimum absolute atomic E-state index is 0.00208. The maximum absolute atomic E-state index is 12.8. The molecule has 4 rings (SSSR count).